The molecule has 0 atom stereocenters. The van der Waals surface area contributed by atoms with E-state index in [2.05, 4.69) is 22.5 Å². The van der Waals surface area contributed by atoms with E-state index < -0.39 is 0 Å². The number of nitrogens with one attached hydrogen (secondary N) is 1. The topological polar surface area (TPSA) is 116 Å². The first-order chi connectivity index (χ1) is 16.9. The Morgan fingerprint density at radius 3 is 2.77 bits per heavy atom. The molecule has 184 valence electrons. The molecule has 2 aliphatic heterocycles. The fourth-order valence-corrected chi connectivity index (χ4v) is 4.90. The van der Waals surface area contributed by atoms with Crippen molar-refractivity contribution in [2.45, 2.75) is 32.2 Å². The molecule has 3 aromatic heterocycles. The number of urea groups is 1. The van der Waals surface area contributed by atoms with Gasteiger partial charge in [0.1, 0.15) is 5.82 Å². The second-order valence-electron chi connectivity index (χ2n) is 9.16. The number of likely N-dealkylation sites (tertiary alicyclic amines) is 1. The Morgan fingerprint density at radius 1 is 1.26 bits per heavy atom. The third-order valence-electron chi connectivity index (χ3n) is 6.77. The Balaban J connectivity index is 1.58. The molecular formula is C25H32N8O2. The van der Waals surface area contributed by atoms with Crippen molar-refractivity contribution < 1.29 is 9.53 Å². The van der Waals surface area contributed by atoms with Gasteiger partial charge >= 0.3 is 6.03 Å². The van der Waals surface area contributed by atoms with Crippen LogP contribution in [0.2, 0.25) is 0 Å². The lowest BCUT2D eigenvalue weighted by Gasteiger charge is -2.32. The van der Waals surface area contributed by atoms with E-state index in [0.29, 0.717) is 25.3 Å². The summed E-state index contributed by atoms with van der Waals surface area (Å²) >= 11 is 0. The standard InChI is InChI=1S/C25H32N8O2/c1-16-10-17-11-22(18-12-29-31(3)14-18)28-13-23(17)33(16)24(26)20-15-32(25(34)27-2)7-4-21(20)30-19-5-8-35-9-6-19/h10-14,19H,4-9,15,26H2,1-3H3,(H,27,34). The number of piperidine rings is 1. The summed E-state index contributed by atoms with van der Waals surface area (Å²) in [5.41, 5.74) is 12.5. The van der Waals surface area contributed by atoms with E-state index in [9.17, 15) is 4.79 Å². The summed E-state index contributed by atoms with van der Waals surface area (Å²) in [5.74, 6) is 0.591. The number of aliphatic imine (C=N–C) groups is 1. The van der Waals surface area contributed by atoms with Gasteiger partial charge in [0.25, 0.3) is 0 Å². The van der Waals surface area contributed by atoms with Crippen LogP contribution < -0.4 is 11.1 Å². The van der Waals surface area contributed by atoms with Crippen LogP contribution in [0.1, 0.15) is 25.0 Å². The zero-order valence-electron chi connectivity index (χ0n) is 20.5. The van der Waals surface area contributed by atoms with E-state index in [-0.39, 0.29) is 12.1 Å². The van der Waals surface area contributed by atoms with Crippen LogP contribution >= 0.6 is 0 Å². The molecule has 0 saturated carbocycles. The number of nitrogens with two attached hydrogens (primary N) is 1. The number of hydrogen-bond donors (Lipinski definition) is 2. The van der Waals surface area contributed by atoms with Crippen LogP contribution in [0.3, 0.4) is 0 Å². The minimum Gasteiger partial charge on any atom is -0.384 e. The molecule has 5 heterocycles. The van der Waals surface area contributed by atoms with Crippen molar-refractivity contribution >= 4 is 28.5 Å². The van der Waals surface area contributed by atoms with Crippen LogP contribution in [0.15, 0.2) is 41.3 Å². The lowest BCUT2D eigenvalue weighted by Crippen LogP contribution is -2.45. The smallest absolute Gasteiger partial charge is 0.317 e. The van der Waals surface area contributed by atoms with Crippen LogP contribution in [0.25, 0.3) is 28.0 Å². The van der Waals surface area contributed by atoms with E-state index in [1.807, 2.05) is 37.1 Å². The third kappa shape index (κ3) is 4.53. The minimum atomic E-state index is -0.114. The second kappa shape index (κ2) is 9.53. The van der Waals surface area contributed by atoms with Crippen molar-refractivity contribution in [2.24, 2.45) is 17.8 Å². The van der Waals surface area contributed by atoms with Gasteiger partial charge in [0.15, 0.2) is 0 Å². The maximum Gasteiger partial charge on any atom is 0.317 e. The SMILES string of the molecule is CNC(=O)N1CCC(=NC2CCOCC2)C(=C(N)n2c(C)cc3cc(-c4cnn(C)c4)ncc32)C1. The highest BCUT2D eigenvalue weighted by atomic mass is 16.5. The molecular weight excluding hydrogens is 444 g/mol. The van der Waals surface area contributed by atoms with Gasteiger partial charge in [-0.25, -0.2) is 4.79 Å². The summed E-state index contributed by atoms with van der Waals surface area (Å²) in [4.78, 5) is 24.0. The molecule has 5 rings (SSSR count). The molecule has 3 N–H and O–H groups in total. The van der Waals surface area contributed by atoms with E-state index in [0.717, 1.165) is 65.2 Å². The molecule has 3 aromatic rings. The highest BCUT2D eigenvalue weighted by molar-refractivity contribution is 6.07. The Hall–Kier alpha value is -3.66. The Kier molecular flexibility index (Phi) is 6.29. The molecule has 0 radical (unpaired) electrons. The number of hydrogen-bond acceptors (Lipinski definition) is 6. The van der Waals surface area contributed by atoms with E-state index in [1.54, 1.807) is 16.6 Å². The van der Waals surface area contributed by atoms with Crippen molar-refractivity contribution in [3.05, 3.63) is 42.0 Å². The van der Waals surface area contributed by atoms with Crippen LogP contribution in [0.4, 0.5) is 4.79 Å². The van der Waals surface area contributed by atoms with Gasteiger partial charge in [-0.05, 0) is 31.9 Å². The molecule has 0 aromatic carbocycles. The lowest BCUT2D eigenvalue weighted by molar-refractivity contribution is 0.0870. The van der Waals surface area contributed by atoms with Crippen LogP contribution in [0, 0.1) is 6.92 Å². The molecule has 0 bridgehead atoms. The second-order valence-corrected chi connectivity index (χ2v) is 9.16. The molecule has 35 heavy (non-hydrogen) atoms. The molecule has 10 nitrogen and oxygen atoms in total. The quantitative estimate of drug-likeness (QED) is 0.603. The monoisotopic (exact) mass is 476 g/mol. The predicted molar refractivity (Wildman–Crippen MR) is 136 cm³/mol. The zero-order valence-corrected chi connectivity index (χ0v) is 20.5. The van der Waals surface area contributed by atoms with Crippen molar-refractivity contribution in [3.8, 4) is 11.3 Å². The van der Waals surface area contributed by atoms with E-state index >= 15 is 0 Å². The Labute approximate surface area is 204 Å². The van der Waals surface area contributed by atoms with Gasteiger partial charge in [0, 0.05) is 74.4 Å². The van der Waals surface area contributed by atoms with Crippen LogP contribution in [-0.4, -0.2) is 75.4 Å². The number of rotatable bonds is 3. The largest absolute Gasteiger partial charge is 0.384 e. The molecule has 2 saturated heterocycles. The van der Waals surface area contributed by atoms with Crippen molar-refractivity contribution in [3.63, 3.8) is 0 Å². The van der Waals surface area contributed by atoms with Gasteiger partial charge in [0.05, 0.1) is 36.2 Å². The number of pyridine rings is 1. The lowest BCUT2D eigenvalue weighted by atomic mass is 10.0. The van der Waals surface area contributed by atoms with Gasteiger partial charge in [-0.2, -0.15) is 5.10 Å². The zero-order chi connectivity index (χ0) is 24.5. The summed E-state index contributed by atoms with van der Waals surface area (Å²) in [6.45, 7) is 4.51. The first-order valence-electron chi connectivity index (χ1n) is 12.0. The minimum absolute atomic E-state index is 0.114. The molecule has 0 spiro atoms. The fourth-order valence-electron chi connectivity index (χ4n) is 4.90. The Bertz CT molecular complexity index is 1310. The van der Waals surface area contributed by atoms with Crippen molar-refractivity contribution in [1.29, 1.82) is 0 Å². The number of aryl methyl sites for hydroxylation is 2. The molecule has 0 aliphatic carbocycles. The summed E-state index contributed by atoms with van der Waals surface area (Å²) < 4.78 is 9.30. The Morgan fingerprint density at radius 2 is 2.06 bits per heavy atom. The highest BCUT2D eigenvalue weighted by Gasteiger charge is 2.28. The first kappa shape index (κ1) is 23.1. The van der Waals surface area contributed by atoms with Gasteiger partial charge in [-0.15, -0.1) is 0 Å². The maximum atomic E-state index is 12.4. The van der Waals surface area contributed by atoms with Crippen molar-refractivity contribution in [2.75, 3.05) is 33.4 Å². The van der Waals surface area contributed by atoms with Crippen LogP contribution in [-0.2, 0) is 11.8 Å². The van der Waals surface area contributed by atoms with Gasteiger partial charge in [-0.1, -0.05) is 0 Å². The summed E-state index contributed by atoms with van der Waals surface area (Å²) in [7, 11) is 3.54. The first-order valence-corrected chi connectivity index (χ1v) is 12.0. The van der Waals surface area contributed by atoms with Gasteiger partial charge < -0.3 is 20.7 Å². The maximum absolute atomic E-state index is 12.4. The molecule has 2 aliphatic rings. The number of amides is 2. The number of ether oxygens (including phenoxy) is 1. The summed E-state index contributed by atoms with van der Waals surface area (Å²) in [6.07, 6.45) is 8.09. The fraction of sp³-hybridized carbons (Fsp3) is 0.440. The molecule has 2 amide bonds. The molecule has 10 heteroatoms. The number of fused-ring (bicyclic) bond motifs is 1. The third-order valence-corrected chi connectivity index (χ3v) is 6.77. The van der Waals surface area contributed by atoms with Gasteiger partial charge in [0.2, 0.25) is 0 Å². The summed E-state index contributed by atoms with van der Waals surface area (Å²) in [5, 5.41) is 8.03. The number of carbonyl (C=O) groups is 1. The summed E-state index contributed by atoms with van der Waals surface area (Å²) in [6, 6.07) is 4.28. The normalized spacial score (nSPS) is 20.0. The number of aromatic nitrogens is 4. The van der Waals surface area contributed by atoms with E-state index in [4.69, 9.17) is 20.4 Å². The van der Waals surface area contributed by atoms with Gasteiger partial charge in [-0.3, -0.25) is 19.2 Å². The average molecular weight is 477 g/mol. The number of nitrogens with zero attached hydrogens (tertiary/aromatic N) is 6. The van der Waals surface area contributed by atoms with Crippen molar-refractivity contribution in [1.82, 2.24) is 29.5 Å². The predicted octanol–water partition coefficient (Wildman–Crippen LogP) is 2.54. The molecule has 0 unspecified atom stereocenters. The number of carbonyl (C=O) groups excluding carboxylic acids is 1. The molecule has 2 fully saturated rings. The van der Waals surface area contributed by atoms with Crippen LogP contribution in [0.5, 0.6) is 0 Å². The van der Waals surface area contributed by atoms with E-state index in [1.165, 1.54) is 0 Å². The highest BCUT2D eigenvalue weighted by Crippen LogP contribution is 2.28. The average Bonchev–Trinajstić information content (AvgIpc) is 3.45.